The number of rotatable bonds is 2. The lowest BCUT2D eigenvalue weighted by atomic mass is 9.95. The molecule has 0 atom stereocenters. The largest absolute Gasteiger partial charge is 0.423 e. The summed E-state index contributed by atoms with van der Waals surface area (Å²) < 4.78 is 11.2. The highest BCUT2D eigenvalue weighted by atomic mass is 16.5. The minimum absolute atomic E-state index is 0.117. The molecule has 0 bridgehead atoms. The fourth-order valence-electron chi connectivity index (χ4n) is 3.52. The maximum Gasteiger partial charge on any atom is 0.298 e. The first kappa shape index (κ1) is 15.4. The van der Waals surface area contributed by atoms with Crippen LogP contribution >= 0.6 is 0 Å². The van der Waals surface area contributed by atoms with Crippen molar-refractivity contribution in [1.82, 2.24) is 9.88 Å². The monoisotopic (exact) mass is 329 g/mol. The van der Waals surface area contributed by atoms with E-state index < -0.39 is 0 Å². The molecule has 1 aromatic carbocycles. The molecule has 1 aromatic heterocycles. The molecule has 0 N–H and O–H groups in total. The van der Waals surface area contributed by atoms with E-state index in [1.807, 2.05) is 23.1 Å². The van der Waals surface area contributed by atoms with Crippen molar-refractivity contribution in [2.45, 2.75) is 19.8 Å². The average Bonchev–Trinajstić information content (AvgIpc) is 3.05. The first-order valence-electron chi connectivity index (χ1n) is 8.69. The number of nitrogens with zero attached hydrogens (tertiary/aromatic N) is 3. The van der Waals surface area contributed by atoms with Crippen LogP contribution in [0.15, 0.2) is 22.6 Å². The maximum atomic E-state index is 12.6. The van der Waals surface area contributed by atoms with Gasteiger partial charge in [-0.2, -0.15) is 4.98 Å². The minimum Gasteiger partial charge on any atom is -0.423 e. The lowest BCUT2D eigenvalue weighted by molar-refractivity contribution is -0.140. The molecule has 0 saturated carbocycles. The van der Waals surface area contributed by atoms with Crippen LogP contribution in [0.4, 0.5) is 6.01 Å². The number of carbonyl (C=O) groups excluding carboxylic acids is 1. The van der Waals surface area contributed by atoms with Crippen LogP contribution in [-0.4, -0.2) is 55.2 Å². The molecule has 0 aliphatic carbocycles. The molecule has 3 heterocycles. The molecule has 1 amide bonds. The Kier molecular flexibility index (Phi) is 4.14. The Morgan fingerprint density at radius 1 is 1.17 bits per heavy atom. The van der Waals surface area contributed by atoms with E-state index in [2.05, 4.69) is 16.8 Å². The number of aromatic nitrogens is 1. The molecule has 2 fully saturated rings. The number of benzene rings is 1. The Morgan fingerprint density at radius 3 is 2.67 bits per heavy atom. The predicted molar refractivity (Wildman–Crippen MR) is 91.1 cm³/mol. The van der Waals surface area contributed by atoms with Crippen molar-refractivity contribution < 1.29 is 13.9 Å². The third-order valence-electron chi connectivity index (χ3n) is 4.97. The second-order valence-electron chi connectivity index (χ2n) is 6.67. The summed E-state index contributed by atoms with van der Waals surface area (Å²) in [5.74, 6) is 0.400. The zero-order valence-corrected chi connectivity index (χ0v) is 14.0. The molecule has 0 unspecified atom stereocenters. The summed E-state index contributed by atoms with van der Waals surface area (Å²) in [7, 11) is 0. The van der Waals surface area contributed by atoms with E-state index in [4.69, 9.17) is 9.15 Å². The van der Waals surface area contributed by atoms with Crippen LogP contribution in [-0.2, 0) is 9.53 Å². The van der Waals surface area contributed by atoms with Crippen molar-refractivity contribution in [1.29, 1.82) is 0 Å². The van der Waals surface area contributed by atoms with E-state index in [1.54, 1.807) is 0 Å². The van der Waals surface area contributed by atoms with Crippen LogP contribution in [0.2, 0.25) is 0 Å². The molecule has 0 radical (unpaired) electrons. The van der Waals surface area contributed by atoms with Gasteiger partial charge in [-0.15, -0.1) is 0 Å². The Labute approximate surface area is 141 Å². The van der Waals surface area contributed by atoms with E-state index in [1.165, 1.54) is 5.56 Å². The zero-order chi connectivity index (χ0) is 16.5. The van der Waals surface area contributed by atoms with Gasteiger partial charge in [-0.3, -0.25) is 4.79 Å². The number of hydrogen-bond donors (Lipinski definition) is 0. The molecule has 2 aliphatic heterocycles. The van der Waals surface area contributed by atoms with Gasteiger partial charge in [-0.05, 0) is 37.5 Å². The van der Waals surface area contributed by atoms with Crippen molar-refractivity contribution >= 4 is 23.0 Å². The van der Waals surface area contributed by atoms with Crippen LogP contribution < -0.4 is 4.90 Å². The summed E-state index contributed by atoms with van der Waals surface area (Å²) in [6.07, 6.45) is 1.71. The molecule has 2 saturated heterocycles. The second kappa shape index (κ2) is 6.43. The molecule has 6 nitrogen and oxygen atoms in total. The number of morpholine rings is 1. The Bertz CT molecular complexity index is 728. The van der Waals surface area contributed by atoms with Gasteiger partial charge in [0.1, 0.15) is 5.52 Å². The number of carbonyl (C=O) groups is 1. The highest BCUT2D eigenvalue weighted by molar-refractivity contribution is 5.79. The maximum absolute atomic E-state index is 12.6. The molecular weight excluding hydrogens is 306 g/mol. The van der Waals surface area contributed by atoms with Gasteiger partial charge in [0.2, 0.25) is 5.91 Å². The van der Waals surface area contributed by atoms with Crippen LogP contribution in [0, 0.1) is 12.8 Å². The number of hydrogen-bond acceptors (Lipinski definition) is 5. The molecule has 2 aromatic rings. The normalized spacial score (nSPS) is 19.9. The standard InChI is InChI=1S/C18H23N3O3/c1-13-2-3-16-15(12-13)19-18(24-16)21-6-4-14(5-7-21)17(22)20-8-10-23-11-9-20/h2-3,12,14H,4-11H2,1H3. The highest BCUT2D eigenvalue weighted by Gasteiger charge is 2.30. The predicted octanol–water partition coefficient (Wildman–Crippen LogP) is 2.21. The molecule has 2 aliphatic rings. The first-order chi connectivity index (χ1) is 11.7. The Morgan fingerprint density at radius 2 is 1.92 bits per heavy atom. The van der Waals surface area contributed by atoms with E-state index in [9.17, 15) is 4.79 Å². The molecule has 24 heavy (non-hydrogen) atoms. The molecule has 0 spiro atoms. The van der Waals surface area contributed by atoms with Crippen molar-refractivity contribution in [2.75, 3.05) is 44.3 Å². The van der Waals surface area contributed by atoms with E-state index in [0.29, 0.717) is 19.2 Å². The van der Waals surface area contributed by atoms with E-state index >= 15 is 0 Å². The van der Waals surface area contributed by atoms with Crippen LogP contribution in [0.5, 0.6) is 0 Å². The molecular formula is C18H23N3O3. The van der Waals surface area contributed by atoms with Crippen molar-refractivity contribution in [3.05, 3.63) is 23.8 Å². The van der Waals surface area contributed by atoms with E-state index in [-0.39, 0.29) is 11.8 Å². The van der Waals surface area contributed by atoms with Gasteiger partial charge in [0.25, 0.3) is 6.01 Å². The number of ether oxygens (including phenoxy) is 1. The van der Waals surface area contributed by atoms with Gasteiger partial charge >= 0.3 is 0 Å². The lowest BCUT2D eigenvalue weighted by Crippen LogP contribution is -2.46. The minimum atomic E-state index is 0.117. The van der Waals surface area contributed by atoms with Crippen LogP contribution in [0.3, 0.4) is 0 Å². The molecule has 6 heteroatoms. The SMILES string of the molecule is Cc1ccc2oc(N3CCC(C(=O)N4CCOCC4)CC3)nc2c1. The van der Waals surface area contributed by atoms with Gasteiger partial charge in [-0.25, -0.2) is 0 Å². The topological polar surface area (TPSA) is 58.8 Å². The smallest absolute Gasteiger partial charge is 0.298 e. The lowest BCUT2D eigenvalue weighted by Gasteiger charge is -2.34. The third kappa shape index (κ3) is 2.98. The second-order valence-corrected chi connectivity index (χ2v) is 6.67. The molecule has 4 rings (SSSR count). The quantitative estimate of drug-likeness (QED) is 0.845. The number of aryl methyl sites for hydroxylation is 1. The Balaban J connectivity index is 1.40. The highest BCUT2D eigenvalue weighted by Crippen LogP contribution is 2.27. The number of oxazole rings is 1. The fourth-order valence-corrected chi connectivity index (χ4v) is 3.52. The van der Waals surface area contributed by atoms with Crippen molar-refractivity contribution in [3.63, 3.8) is 0 Å². The van der Waals surface area contributed by atoms with Crippen LogP contribution in [0.1, 0.15) is 18.4 Å². The number of anilines is 1. The summed E-state index contributed by atoms with van der Waals surface area (Å²) in [4.78, 5) is 21.3. The van der Waals surface area contributed by atoms with Gasteiger partial charge in [0.15, 0.2) is 5.58 Å². The van der Waals surface area contributed by atoms with Gasteiger partial charge in [0, 0.05) is 32.1 Å². The summed E-state index contributed by atoms with van der Waals surface area (Å²) in [5.41, 5.74) is 2.90. The van der Waals surface area contributed by atoms with Gasteiger partial charge in [-0.1, -0.05) is 6.07 Å². The van der Waals surface area contributed by atoms with Gasteiger partial charge < -0.3 is 19.0 Å². The first-order valence-corrected chi connectivity index (χ1v) is 8.69. The summed E-state index contributed by atoms with van der Waals surface area (Å²) >= 11 is 0. The third-order valence-corrected chi connectivity index (χ3v) is 4.97. The van der Waals surface area contributed by atoms with Crippen molar-refractivity contribution in [2.24, 2.45) is 5.92 Å². The summed E-state index contributed by atoms with van der Waals surface area (Å²) in [5, 5.41) is 0. The van der Waals surface area contributed by atoms with E-state index in [0.717, 1.165) is 50.1 Å². The van der Waals surface area contributed by atoms with Crippen LogP contribution in [0.25, 0.3) is 11.1 Å². The number of fused-ring (bicyclic) bond motifs is 1. The fraction of sp³-hybridized carbons (Fsp3) is 0.556. The number of piperidine rings is 1. The summed E-state index contributed by atoms with van der Waals surface area (Å²) in [6.45, 7) is 6.45. The average molecular weight is 329 g/mol. The zero-order valence-electron chi connectivity index (χ0n) is 14.0. The Hall–Kier alpha value is -2.08. The van der Waals surface area contributed by atoms with Gasteiger partial charge in [0.05, 0.1) is 13.2 Å². The molecule has 128 valence electrons. The van der Waals surface area contributed by atoms with Crippen molar-refractivity contribution in [3.8, 4) is 0 Å². The summed E-state index contributed by atoms with van der Waals surface area (Å²) in [6, 6.07) is 6.71. The number of amides is 1.